The highest BCUT2D eigenvalue weighted by Gasteiger charge is 2.30. The molecule has 0 spiro atoms. The van der Waals surface area contributed by atoms with E-state index in [0.717, 1.165) is 23.1 Å². The summed E-state index contributed by atoms with van der Waals surface area (Å²) in [4.78, 5) is 28.8. The zero-order valence-corrected chi connectivity index (χ0v) is 23.0. The highest BCUT2D eigenvalue weighted by Crippen LogP contribution is 2.21. The van der Waals surface area contributed by atoms with Crippen LogP contribution < -0.4 is 5.32 Å². The van der Waals surface area contributed by atoms with Gasteiger partial charge in [-0.05, 0) is 54.3 Å². The van der Waals surface area contributed by atoms with Crippen LogP contribution in [0.5, 0.6) is 0 Å². The van der Waals surface area contributed by atoms with Gasteiger partial charge in [0, 0.05) is 34.8 Å². The number of halogens is 2. The summed E-state index contributed by atoms with van der Waals surface area (Å²) in [5.41, 5.74) is 2.97. The van der Waals surface area contributed by atoms with Gasteiger partial charge in [-0.15, -0.1) is 11.8 Å². The van der Waals surface area contributed by atoms with Crippen molar-refractivity contribution in [2.45, 2.75) is 51.1 Å². The van der Waals surface area contributed by atoms with Crippen molar-refractivity contribution >= 4 is 46.8 Å². The van der Waals surface area contributed by atoms with Crippen LogP contribution in [0.1, 0.15) is 37.0 Å². The van der Waals surface area contributed by atoms with Gasteiger partial charge in [-0.1, -0.05) is 84.7 Å². The maximum absolute atomic E-state index is 13.6. The molecule has 0 aromatic heterocycles. The minimum Gasteiger partial charge on any atom is -0.352 e. The maximum atomic E-state index is 13.6. The van der Waals surface area contributed by atoms with E-state index in [1.54, 1.807) is 11.0 Å². The Kier molecular flexibility index (Phi) is 11.2. The van der Waals surface area contributed by atoms with Crippen LogP contribution in [-0.4, -0.2) is 34.6 Å². The molecule has 0 aliphatic rings. The zero-order chi connectivity index (χ0) is 25.9. The summed E-state index contributed by atoms with van der Waals surface area (Å²) >= 11 is 13.7. The van der Waals surface area contributed by atoms with E-state index in [-0.39, 0.29) is 23.6 Å². The third-order valence-electron chi connectivity index (χ3n) is 5.92. The lowest BCUT2D eigenvalue weighted by Crippen LogP contribution is -2.52. The van der Waals surface area contributed by atoms with Crippen LogP contribution in [0.2, 0.25) is 10.0 Å². The third kappa shape index (κ3) is 8.88. The number of nitrogens with one attached hydrogen (secondary N) is 1. The molecule has 36 heavy (non-hydrogen) atoms. The number of thioether (sulfide) groups is 1. The van der Waals surface area contributed by atoms with Gasteiger partial charge in [0.2, 0.25) is 11.8 Å². The van der Waals surface area contributed by atoms with E-state index in [4.69, 9.17) is 23.2 Å². The van der Waals surface area contributed by atoms with E-state index in [9.17, 15) is 9.59 Å². The fourth-order valence-corrected chi connectivity index (χ4v) is 4.96. The van der Waals surface area contributed by atoms with Crippen molar-refractivity contribution in [3.63, 3.8) is 0 Å². The molecule has 0 fully saturated rings. The molecule has 7 heteroatoms. The Hall–Kier alpha value is -2.47. The molecule has 0 heterocycles. The SMILES string of the molecule is CC[C@@H](C)NC(=O)[C@H](Cc1ccccc1)N(Cc1cccc(Cl)c1)C(=O)CSCc1ccc(Cl)cc1. The third-order valence-corrected chi connectivity index (χ3v) is 7.40. The lowest BCUT2D eigenvalue weighted by molar-refractivity contribution is -0.139. The Morgan fingerprint density at radius 2 is 1.58 bits per heavy atom. The number of carbonyl (C=O) groups excluding carboxylic acids is 2. The van der Waals surface area contributed by atoms with Crippen molar-refractivity contribution in [1.82, 2.24) is 10.2 Å². The number of hydrogen-bond donors (Lipinski definition) is 1. The minimum atomic E-state index is -0.649. The van der Waals surface area contributed by atoms with Crippen LogP contribution in [0.3, 0.4) is 0 Å². The topological polar surface area (TPSA) is 49.4 Å². The summed E-state index contributed by atoms with van der Waals surface area (Å²) in [7, 11) is 0. The van der Waals surface area contributed by atoms with Gasteiger partial charge in [-0.25, -0.2) is 0 Å². The predicted octanol–water partition coefficient (Wildman–Crippen LogP) is 6.78. The van der Waals surface area contributed by atoms with Gasteiger partial charge in [-0.2, -0.15) is 0 Å². The second-order valence-electron chi connectivity index (χ2n) is 8.79. The van der Waals surface area contributed by atoms with Crippen LogP contribution >= 0.6 is 35.0 Å². The lowest BCUT2D eigenvalue weighted by atomic mass is 10.0. The molecule has 3 aromatic rings. The molecule has 1 N–H and O–H groups in total. The molecule has 4 nitrogen and oxygen atoms in total. The van der Waals surface area contributed by atoms with E-state index < -0.39 is 6.04 Å². The molecule has 3 aromatic carbocycles. The van der Waals surface area contributed by atoms with Gasteiger partial charge in [0.1, 0.15) is 6.04 Å². The van der Waals surface area contributed by atoms with Crippen LogP contribution in [0, 0.1) is 0 Å². The van der Waals surface area contributed by atoms with E-state index in [2.05, 4.69) is 5.32 Å². The summed E-state index contributed by atoms with van der Waals surface area (Å²) in [6.07, 6.45) is 1.24. The highest BCUT2D eigenvalue weighted by atomic mass is 35.5. The first-order valence-corrected chi connectivity index (χ1v) is 14.0. The number of rotatable bonds is 12. The maximum Gasteiger partial charge on any atom is 0.243 e. The average Bonchev–Trinajstić information content (AvgIpc) is 2.87. The summed E-state index contributed by atoms with van der Waals surface area (Å²) < 4.78 is 0. The predicted molar refractivity (Wildman–Crippen MR) is 151 cm³/mol. The molecular formula is C29H32Cl2N2O2S. The van der Waals surface area contributed by atoms with Gasteiger partial charge < -0.3 is 10.2 Å². The lowest BCUT2D eigenvalue weighted by Gasteiger charge is -2.32. The van der Waals surface area contributed by atoms with Crippen LogP contribution in [0.4, 0.5) is 0 Å². The first kappa shape index (κ1) is 28.1. The number of hydrogen-bond acceptors (Lipinski definition) is 3. The molecular weight excluding hydrogens is 511 g/mol. The fraction of sp³-hybridized carbons (Fsp3) is 0.310. The van der Waals surface area contributed by atoms with Crippen molar-refractivity contribution in [2.75, 3.05) is 5.75 Å². The number of nitrogens with zero attached hydrogens (tertiary/aromatic N) is 1. The standard InChI is InChI=1S/C29H32Cl2N2O2S/c1-3-21(2)32-29(35)27(17-22-8-5-4-6-9-22)33(18-24-10-7-11-26(31)16-24)28(34)20-36-19-23-12-14-25(30)15-13-23/h4-16,21,27H,3,17-20H2,1-2H3,(H,32,35)/t21-,27+/m1/s1. The molecule has 0 aliphatic carbocycles. The molecule has 0 unspecified atom stereocenters. The first-order chi connectivity index (χ1) is 17.4. The quantitative estimate of drug-likeness (QED) is 0.274. The Balaban J connectivity index is 1.85. The number of benzene rings is 3. The Bertz CT molecular complexity index is 1130. The van der Waals surface area contributed by atoms with Gasteiger partial charge in [-0.3, -0.25) is 9.59 Å². The smallest absolute Gasteiger partial charge is 0.243 e. The van der Waals surface area contributed by atoms with Gasteiger partial charge in [0.05, 0.1) is 5.75 Å². The normalized spacial score (nSPS) is 12.6. The van der Waals surface area contributed by atoms with Crippen LogP contribution in [0.25, 0.3) is 0 Å². The van der Waals surface area contributed by atoms with Gasteiger partial charge >= 0.3 is 0 Å². The highest BCUT2D eigenvalue weighted by molar-refractivity contribution is 7.99. The fourth-order valence-electron chi connectivity index (χ4n) is 3.75. The summed E-state index contributed by atoms with van der Waals surface area (Å²) in [5.74, 6) is 0.696. The van der Waals surface area contributed by atoms with Crippen LogP contribution in [0.15, 0.2) is 78.9 Å². The second kappa shape index (κ2) is 14.3. The minimum absolute atomic E-state index is 0.0122. The first-order valence-electron chi connectivity index (χ1n) is 12.1. The molecule has 2 amide bonds. The molecule has 190 valence electrons. The largest absolute Gasteiger partial charge is 0.352 e. The van der Waals surface area contributed by atoms with E-state index in [1.165, 1.54) is 11.8 Å². The van der Waals surface area contributed by atoms with E-state index >= 15 is 0 Å². The Labute approximate surface area is 228 Å². The van der Waals surface area contributed by atoms with Crippen molar-refractivity contribution in [2.24, 2.45) is 0 Å². The molecule has 0 saturated heterocycles. The summed E-state index contributed by atoms with van der Waals surface area (Å²) in [5, 5.41) is 4.37. The summed E-state index contributed by atoms with van der Waals surface area (Å²) in [6, 6.07) is 24.2. The van der Waals surface area contributed by atoms with E-state index in [0.29, 0.717) is 28.8 Å². The second-order valence-corrected chi connectivity index (χ2v) is 10.7. The molecule has 3 rings (SSSR count). The molecule has 0 aliphatic heterocycles. The number of carbonyl (C=O) groups is 2. The van der Waals surface area contributed by atoms with E-state index in [1.807, 2.05) is 86.6 Å². The summed E-state index contributed by atoms with van der Waals surface area (Å²) in [6.45, 7) is 4.30. The Morgan fingerprint density at radius 1 is 0.889 bits per heavy atom. The molecule has 0 saturated carbocycles. The van der Waals surface area contributed by atoms with Crippen LogP contribution in [-0.2, 0) is 28.3 Å². The van der Waals surface area contributed by atoms with Gasteiger partial charge in [0.15, 0.2) is 0 Å². The van der Waals surface area contributed by atoms with Crippen molar-refractivity contribution < 1.29 is 9.59 Å². The zero-order valence-electron chi connectivity index (χ0n) is 20.6. The van der Waals surface area contributed by atoms with Crippen molar-refractivity contribution in [3.05, 3.63) is 106 Å². The number of amides is 2. The van der Waals surface area contributed by atoms with Crippen molar-refractivity contribution in [3.8, 4) is 0 Å². The molecule has 0 radical (unpaired) electrons. The average molecular weight is 544 g/mol. The monoisotopic (exact) mass is 542 g/mol. The Morgan fingerprint density at radius 3 is 2.25 bits per heavy atom. The molecule has 2 atom stereocenters. The van der Waals surface area contributed by atoms with Gasteiger partial charge in [0.25, 0.3) is 0 Å². The molecule has 0 bridgehead atoms. The van der Waals surface area contributed by atoms with Crippen molar-refractivity contribution in [1.29, 1.82) is 0 Å².